The molecule has 0 spiro atoms. The molecular weight excluding hydrogens is 318 g/mol. The largest absolute Gasteiger partial charge is 0.381 e. The SMILES string of the molecule is CC1CNCC1c1nn2c(C3CCOCC3)ncc2c(=O)[nH]1.Cl. The first-order valence-electron chi connectivity index (χ1n) is 8.00. The number of hydrogen-bond acceptors (Lipinski definition) is 5. The van der Waals surface area contributed by atoms with Gasteiger partial charge in [-0.15, -0.1) is 12.4 Å². The van der Waals surface area contributed by atoms with Crippen molar-refractivity contribution in [2.75, 3.05) is 26.3 Å². The lowest BCUT2D eigenvalue weighted by Crippen LogP contribution is -2.23. The molecule has 4 heterocycles. The van der Waals surface area contributed by atoms with Crippen molar-refractivity contribution >= 4 is 17.9 Å². The quantitative estimate of drug-likeness (QED) is 0.854. The first-order chi connectivity index (χ1) is 10.7. The van der Waals surface area contributed by atoms with E-state index in [1.807, 2.05) is 0 Å². The van der Waals surface area contributed by atoms with Gasteiger partial charge in [0.2, 0.25) is 0 Å². The summed E-state index contributed by atoms with van der Waals surface area (Å²) in [6, 6.07) is 0. The Bertz CT molecular complexity index is 737. The molecule has 0 saturated carbocycles. The molecule has 2 aliphatic heterocycles. The Morgan fingerprint density at radius 3 is 2.78 bits per heavy atom. The summed E-state index contributed by atoms with van der Waals surface area (Å²) < 4.78 is 7.18. The smallest absolute Gasteiger partial charge is 0.276 e. The van der Waals surface area contributed by atoms with E-state index in [4.69, 9.17) is 9.84 Å². The Balaban J connectivity index is 0.00000156. The Hall–Kier alpha value is -1.44. The molecule has 2 fully saturated rings. The van der Waals surface area contributed by atoms with Gasteiger partial charge in [0.25, 0.3) is 5.56 Å². The highest BCUT2D eigenvalue weighted by Crippen LogP contribution is 2.27. The highest BCUT2D eigenvalue weighted by atomic mass is 35.5. The Morgan fingerprint density at radius 1 is 1.30 bits per heavy atom. The number of H-pyrrole nitrogens is 1. The number of halogens is 1. The van der Waals surface area contributed by atoms with Crippen LogP contribution in [0.1, 0.15) is 43.3 Å². The molecule has 23 heavy (non-hydrogen) atoms. The van der Waals surface area contributed by atoms with Crippen LogP contribution in [-0.2, 0) is 4.74 Å². The standard InChI is InChI=1S/C15H21N5O2.ClH/c1-9-6-16-7-11(9)13-18-15(21)12-8-17-14(20(12)19-13)10-2-4-22-5-3-10;/h8-11,16H,2-7H2,1H3,(H,18,19,21);1H. The number of aromatic nitrogens is 4. The molecule has 8 heteroatoms. The van der Waals surface area contributed by atoms with E-state index in [1.165, 1.54) is 0 Å². The van der Waals surface area contributed by atoms with Gasteiger partial charge in [-0.25, -0.2) is 9.50 Å². The minimum absolute atomic E-state index is 0. The van der Waals surface area contributed by atoms with Crippen molar-refractivity contribution in [3.8, 4) is 0 Å². The fourth-order valence-corrected chi connectivity index (χ4v) is 3.51. The lowest BCUT2D eigenvalue weighted by molar-refractivity contribution is 0.0832. The molecule has 4 rings (SSSR count). The van der Waals surface area contributed by atoms with Gasteiger partial charge in [0.15, 0.2) is 5.52 Å². The van der Waals surface area contributed by atoms with Gasteiger partial charge in [-0.05, 0) is 25.3 Å². The van der Waals surface area contributed by atoms with E-state index in [0.29, 0.717) is 17.4 Å². The Kier molecular flexibility index (Phi) is 4.70. The maximum absolute atomic E-state index is 12.4. The number of nitrogens with zero attached hydrogens (tertiary/aromatic N) is 3. The zero-order valence-corrected chi connectivity index (χ0v) is 13.9. The molecule has 0 radical (unpaired) electrons. The summed E-state index contributed by atoms with van der Waals surface area (Å²) >= 11 is 0. The molecule has 2 unspecified atom stereocenters. The van der Waals surface area contributed by atoms with Crippen LogP contribution in [0.3, 0.4) is 0 Å². The van der Waals surface area contributed by atoms with E-state index in [9.17, 15) is 4.79 Å². The molecule has 2 aromatic rings. The number of hydrogen-bond donors (Lipinski definition) is 2. The van der Waals surface area contributed by atoms with Crippen molar-refractivity contribution in [1.82, 2.24) is 24.9 Å². The van der Waals surface area contributed by atoms with Gasteiger partial charge in [-0.1, -0.05) is 6.92 Å². The summed E-state index contributed by atoms with van der Waals surface area (Å²) in [5.74, 6) is 2.70. The first-order valence-corrected chi connectivity index (χ1v) is 8.00. The molecule has 2 aliphatic rings. The van der Waals surface area contributed by atoms with E-state index in [-0.39, 0.29) is 23.9 Å². The molecule has 2 saturated heterocycles. The van der Waals surface area contributed by atoms with Gasteiger partial charge in [-0.2, -0.15) is 5.10 Å². The minimum atomic E-state index is -0.102. The van der Waals surface area contributed by atoms with Gasteiger partial charge >= 0.3 is 0 Å². The van der Waals surface area contributed by atoms with Crippen LogP contribution in [0, 0.1) is 5.92 Å². The summed E-state index contributed by atoms with van der Waals surface area (Å²) in [5.41, 5.74) is 0.429. The first kappa shape index (κ1) is 16.4. The molecule has 2 atom stereocenters. The van der Waals surface area contributed by atoms with Crippen LogP contribution in [0.15, 0.2) is 11.0 Å². The normalized spacial score (nSPS) is 25.6. The van der Waals surface area contributed by atoms with Crippen LogP contribution >= 0.6 is 12.4 Å². The van der Waals surface area contributed by atoms with Crippen LogP contribution in [0.5, 0.6) is 0 Å². The Labute approximate surface area is 140 Å². The predicted molar refractivity (Wildman–Crippen MR) is 88.4 cm³/mol. The van der Waals surface area contributed by atoms with Crippen LogP contribution in [0.4, 0.5) is 0 Å². The number of imidazole rings is 1. The molecule has 126 valence electrons. The number of fused-ring (bicyclic) bond motifs is 1. The average Bonchev–Trinajstić information content (AvgIpc) is 3.14. The molecule has 2 aromatic heterocycles. The van der Waals surface area contributed by atoms with E-state index >= 15 is 0 Å². The molecule has 0 aliphatic carbocycles. The average molecular weight is 340 g/mol. The lowest BCUT2D eigenvalue weighted by Gasteiger charge is -2.21. The van der Waals surface area contributed by atoms with Crippen LogP contribution in [0.25, 0.3) is 5.52 Å². The number of nitrogens with one attached hydrogen (secondary N) is 2. The lowest BCUT2D eigenvalue weighted by atomic mass is 9.97. The summed E-state index contributed by atoms with van der Waals surface area (Å²) in [5, 5.41) is 8.08. The van der Waals surface area contributed by atoms with Crippen LogP contribution < -0.4 is 10.9 Å². The van der Waals surface area contributed by atoms with Gasteiger partial charge in [-0.3, -0.25) is 4.79 Å². The zero-order valence-electron chi connectivity index (χ0n) is 13.1. The second-order valence-corrected chi connectivity index (χ2v) is 6.38. The van der Waals surface area contributed by atoms with Crippen molar-refractivity contribution < 1.29 is 4.74 Å². The third kappa shape index (κ3) is 2.88. The van der Waals surface area contributed by atoms with Crippen molar-refractivity contribution in [3.63, 3.8) is 0 Å². The highest BCUT2D eigenvalue weighted by molar-refractivity contribution is 5.85. The van der Waals surface area contributed by atoms with Crippen molar-refractivity contribution in [2.45, 2.75) is 31.6 Å². The Morgan fingerprint density at radius 2 is 2.09 bits per heavy atom. The molecule has 0 bridgehead atoms. The zero-order chi connectivity index (χ0) is 15.1. The molecule has 2 N–H and O–H groups in total. The molecule has 0 amide bonds. The number of aromatic amines is 1. The maximum Gasteiger partial charge on any atom is 0.276 e. The fraction of sp³-hybridized carbons (Fsp3) is 0.667. The summed E-state index contributed by atoms with van der Waals surface area (Å²) in [4.78, 5) is 19.8. The molecule has 0 aromatic carbocycles. The summed E-state index contributed by atoms with van der Waals surface area (Å²) in [7, 11) is 0. The monoisotopic (exact) mass is 339 g/mol. The highest BCUT2D eigenvalue weighted by Gasteiger charge is 2.28. The van der Waals surface area contributed by atoms with Gasteiger partial charge < -0.3 is 15.0 Å². The van der Waals surface area contributed by atoms with Crippen molar-refractivity contribution in [3.05, 3.63) is 28.2 Å². The summed E-state index contributed by atoms with van der Waals surface area (Å²) in [6.45, 7) is 5.50. The van der Waals surface area contributed by atoms with Gasteiger partial charge in [0.05, 0.1) is 6.20 Å². The maximum atomic E-state index is 12.4. The third-order valence-corrected chi connectivity index (χ3v) is 4.90. The van der Waals surface area contributed by atoms with Gasteiger partial charge in [0.1, 0.15) is 11.6 Å². The number of ether oxygens (including phenoxy) is 1. The number of rotatable bonds is 2. The topological polar surface area (TPSA) is 84.3 Å². The second-order valence-electron chi connectivity index (χ2n) is 6.38. The second kappa shape index (κ2) is 6.59. The van der Waals surface area contributed by atoms with E-state index in [2.05, 4.69) is 22.2 Å². The fourth-order valence-electron chi connectivity index (χ4n) is 3.51. The van der Waals surface area contributed by atoms with E-state index < -0.39 is 0 Å². The van der Waals surface area contributed by atoms with Crippen molar-refractivity contribution in [2.24, 2.45) is 5.92 Å². The molecule has 7 nitrogen and oxygen atoms in total. The van der Waals surface area contributed by atoms with Crippen LogP contribution in [0.2, 0.25) is 0 Å². The predicted octanol–water partition coefficient (Wildman–Crippen LogP) is 1.06. The third-order valence-electron chi connectivity index (χ3n) is 4.90. The van der Waals surface area contributed by atoms with Crippen LogP contribution in [-0.4, -0.2) is 45.9 Å². The van der Waals surface area contributed by atoms with E-state index in [1.54, 1.807) is 10.7 Å². The molecular formula is C15H22ClN5O2. The van der Waals surface area contributed by atoms with E-state index in [0.717, 1.165) is 50.8 Å². The van der Waals surface area contributed by atoms with Crippen molar-refractivity contribution in [1.29, 1.82) is 0 Å². The van der Waals surface area contributed by atoms with Gasteiger partial charge in [0, 0.05) is 31.6 Å². The summed E-state index contributed by atoms with van der Waals surface area (Å²) in [6.07, 6.45) is 3.51. The minimum Gasteiger partial charge on any atom is -0.381 e.